The van der Waals surface area contributed by atoms with E-state index in [2.05, 4.69) is 5.32 Å². The molecule has 0 unspecified atom stereocenters. The Morgan fingerprint density at radius 3 is 2.36 bits per heavy atom. The molecule has 0 aromatic heterocycles. The van der Waals surface area contributed by atoms with Gasteiger partial charge in [-0.3, -0.25) is 4.79 Å². The summed E-state index contributed by atoms with van der Waals surface area (Å²) in [7, 11) is 1.63. The zero-order valence-electron chi connectivity index (χ0n) is 14.8. The van der Waals surface area contributed by atoms with Crippen molar-refractivity contribution in [2.45, 2.75) is 44.4 Å². The smallest absolute Gasteiger partial charge is 0.235 e. The fourth-order valence-corrected chi connectivity index (χ4v) is 3.78. The SMILES string of the molecule is COc1ccc(NC(=O)C2(c3ccc(F)cc3)CCCCC2)cc1C. The molecule has 3 rings (SSSR count). The van der Waals surface area contributed by atoms with Crippen molar-refractivity contribution in [1.82, 2.24) is 0 Å². The van der Waals surface area contributed by atoms with Crippen LogP contribution in [0.4, 0.5) is 10.1 Å². The number of rotatable bonds is 4. The number of methoxy groups -OCH3 is 1. The molecule has 1 fully saturated rings. The molecular formula is C21H24FNO2. The van der Waals surface area contributed by atoms with Gasteiger partial charge in [0.2, 0.25) is 5.91 Å². The Balaban J connectivity index is 1.89. The number of carbonyl (C=O) groups excluding carboxylic acids is 1. The number of aryl methyl sites for hydroxylation is 1. The van der Waals surface area contributed by atoms with Gasteiger partial charge < -0.3 is 10.1 Å². The third-order valence-electron chi connectivity index (χ3n) is 5.19. The molecule has 1 aliphatic carbocycles. The lowest BCUT2D eigenvalue weighted by Crippen LogP contribution is -2.42. The van der Waals surface area contributed by atoms with Crippen molar-refractivity contribution < 1.29 is 13.9 Å². The second-order valence-corrected chi connectivity index (χ2v) is 6.79. The van der Waals surface area contributed by atoms with Crippen LogP contribution in [-0.4, -0.2) is 13.0 Å². The molecule has 0 bridgehead atoms. The fourth-order valence-electron chi connectivity index (χ4n) is 3.78. The number of benzene rings is 2. The van der Waals surface area contributed by atoms with Gasteiger partial charge >= 0.3 is 0 Å². The van der Waals surface area contributed by atoms with Crippen molar-refractivity contribution in [2.75, 3.05) is 12.4 Å². The van der Waals surface area contributed by atoms with Gasteiger partial charge in [-0.2, -0.15) is 0 Å². The minimum Gasteiger partial charge on any atom is -0.496 e. The molecule has 1 saturated carbocycles. The predicted octanol–water partition coefficient (Wildman–Crippen LogP) is 4.98. The van der Waals surface area contributed by atoms with Crippen LogP contribution in [-0.2, 0) is 10.2 Å². The number of nitrogens with one attached hydrogen (secondary N) is 1. The minimum absolute atomic E-state index is 0.0108. The molecule has 0 heterocycles. The maximum atomic E-state index is 13.3. The van der Waals surface area contributed by atoms with E-state index in [1.165, 1.54) is 12.1 Å². The molecule has 2 aromatic rings. The van der Waals surface area contributed by atoms with Crippen molar-refractivity contribution in [3.63, 3.8) is 0 Å². The molecule has 132 valence electrons. The van der Waals surface area contributed by atoms with Crippen LogP contribution in [0.3, 0.4) is 0 Å². The zero-order valence-corrected chi connectivity index (χ0v) is 14.8. The van der Waals surface area contributed by atoms with Gasteiger partial charge in [0.05, 0.1) is 12.5 Å². The lowest BCUT2D eigenvalue weighted by Gasteiger charge is -2.36. The molecule has 2 aromatic carbocycles. The van der Waals surface area contributed by atoms with Gasteiger partial charge in [0, 0.05) is 5.69 Å². The highest BCUT2D eigenvalue weighted by atomic mass is 19.1. The lowest BCUT2D eigenvalue weighted by molar-refractivity contribution is -0.122. The van der Waals surface area contributed by atoms with Crippen LogP contribution in [0, 0.1) is 12.7 Å². The average molecular weight is 341 g/mol. The number of ether oxygens (including phenoxy) is 1. The van der Waals surface area contributed by atoms with Crippen LogP contribution in [0.25, 0.3) is 0 Å². The number of hydrogen-bond donors (Lipinski definition) is 1. The average Bonchev–Trinajstić information content (AvgIpc) is 2.63. The highest BCUT2D eigenvalue weighted by Crippen LogP contribution is 2.40. The first-order valence-corrected chi connectivity index (χ1v) is 8.77. The van der Waals surface area contributed by atoms with E-state index in [4.69, 9.17) is 4.74 Å². The molecule has 0 saturated heterocycles. The molecule has 4 heteroatoms. The summed E-state index contributed by atoms with van der Waals surface area (Å²) in [5.41, 5.74) is 2.05. The lowest BCUT2D eigenvalue weighted by atomic mass is 9.68. The molecule has 3 nitrogen and oxygen atoms in total. The van der Waals surface area contributed by atoms with E-state index in [1.54, 1.807) is 19.2 Å². The van der Waals surface area contributed by atoms with E-state index in [0.29, 0.717) is 0 Å². The Bertz CT molecular complexity index is 749. The van der Waals surface area contributed by atoms with Gasteiger partial charge in [-0.1, -0.05) is 31.4 Å². The minimum atomic E-state index is -0.584. The first-order chi connectivity index (χ1) is 12.0. The van der Waals surface area contributed by atoms with Crippen LogP contribution < -0.4 is 10.1 Å². The topological polar surface area (TPSA) is 38.3 Å². The first kappa shape index (κ1) is 17.5. The monoisotopic (exact) mass is 341 g/mol. The van der Waals surface area contributed by atoms with Crippen molar-refractivity contribution in [1.29, 1.82) is 0 Å². The zero-order chi connectivity index (χ0) is 17.9. The van der Waals surface area contributed by atoms with E-state index in [1.807, 2.05) is 25.1 Å². The Morgan fingerprint density at radius 1 is 1.08 bits per heavy atom. The number of carbonyl (C=O) groups is 1. The summed E-state index contributed by atoms with van der Waals surface area (Å²) in [5.74, 6) is 0.508. The number of amides is 1. The summed E-state index contributed by atoms with van der Waals surface area (Å²) < 4.78 is 18.6. The molecule has 0 atom stereocenters. The summed E-state index contributed by atoms with van der Waals surface area (Å²) in [6, 6.07) is 12.0. The standard InChI is InChI=1S/C21H24FNO2/c1-15-14-18(10-11-19(15)25-2)23-20(24)21(12-4-3-5-13-21)16-6-8-17(22)9-7-16/h6-11,14H,3-5,12-13H2,1-2H3,(H,23,24). The van der Waals surface area contributed by atoms with Crippen LogP contribution >= 0.6 is 0 Å². The van der Waals surface area contributed by atoms with Crippen LogP contribution in [0.5, 0.6) is 5.75 Å². The maximum absolute atomic E-state index is 13.3. The molecule has 1 amide bonds. The second kappa shape index (κ2) is 7.26. The molecule has 1 aliphatic rings. The molecule has 1 N–H and O–H groups in total. The number of halogens is 1. The van der Waals surface area contributed by atoms with Crippen molar-refractivity contribution in [2.24, 2.45) is 0 Å². The normalized spacial score (nSPS) is 16.3. The van der Waals surface area contributed by atoms with Crippen LogP contribution in [0.1, 0.15) is 43.2 Å². The molecule has 0 radical (unpaired) electrons. The predicted molar refractivity (Wildman–Crippen MR) is 97.5 cm³/mol. The molecule has 0 aliphatic heterocycles. The van der Waals surface area contributed by atoms with Gasteiger partial charge in [0.15, 0.2) is 0 Å². The number of anilines is 1. The largest absolute Gasteiger partial charge is 0.496 e. The number of hydrogen-bond acceptors (Lipinski definition) is 2. The van der Waals surface area contributed by atoms with Crippen molar-refractivity contribution in [3.05, 3.63) is 59.4 Å². The molecular weight excluding hydrogens is 317 g/mol. The summed E-state index contributed by atoms with van der Waals surface area (Å²) in [4.78, 5) is 13.2. The third kappa shape index (κ3) is 3.53. The van der Waals surface area contributed by atoms with Gasteiger partial charge in [-0.15, -0.1) is 0 Å². The summed E-state index contributed by atoms with van der Waals surface area (Å²) >= 11 is 0. The van der Waals surface area contributed by atoms with E-state index in [0.717, 1.165) is 54.7 Å². The molecule has 0 spiro atoms. The van der Waals surface area contributed by atoms with Crippen LogP contribution in [0.15, 0.2) is 42.5 Å². The van der Waals surface area contributed by atoms with E-state index < -0.39 is 5.41 Å². The second-order valence-electron chi connectivity index (χ2n) is 6.79. The van der Waals surface area contributed by atoms with Gasteiger partial charge in [-0.05, 0) is 61.2 Å². The Hall–Kier alpha value is -2.36. The van der Waals surface area contributed by atoms with Gasteiger partial charge in [0.25, 0.3) is 0 Å². The third-order valence-corrected chi connectivity index (χ3v) is 5.19. The van der Waals surface area contributed by atoms with Crippen molar-refractivity contribution in [3.8, 4) is 5.75 Å². The van der Waals surface area contributed by atoms with Gasteiger partial charge in [0.1, 0.15) is 11.6 Å². The van der Waals surface area contributed by atoms with Crippen LogP contribution in [0.2, 0.25) is 0 Å². The highest BCUT2D eigenvalue weighted by molar-refractivity contribution is 5.99. The van der Waals surface area contributed by atoms with Gasteiger partial charge in [-0.25, -0.2) is 4.39 Å². The van der Waals surface area contributed by atoms with E-state index >= 15 is 0 Å². The van der Waals surface area contributed by atoms with E-state index in [-0.39, 0.29) is 11.7 Å². The highest BCUT2D eigenvalue weighted by Gasteiger charge is 2.41. The fraction of sp³-hybridized carbons (Fsp3) is 0.381. The molecule has 25 heavy (non-hydrogen) atoms. The van der Waals surface area contributed by atoms with Crippen molar-refractivity contribution >= 4 is 11.6 Å². The summed E-state index contributed by atoms with van der Waals surface area (Å²) in [5, 5.41) is 3.07. The summed E-state index contributed by atoms with van der Waals surface area (Å²) in [6.45, 7) is 1.95. The summed E-state index contributed by atoms with van der Waals surface area (Å²) in [6.07, 6.45) is 4.73. The Kier molecular flexibility index (Phi) is 5.07. The van der Waals surface area contributed by atoms with E-state index in [9.17, 15) is 9.18 Å². The quantitative estimate of drug-likeness (QED) is 0.851. The Labute approximate surface area is 148 Å². The Morgan fingerprint density at radius 2 is 1.76 bits per heavy atom. The maximum Gasteiger partial charge on any atom is 0.235 e. The first-order valence-electron chi connectivity index (χ1n) is 8.77.